The summed E-state index contributed by atoms with van der Waals surface area (Å²) >= 11 is 0. The van der Waals surface area contributed by atoms with E-state index < -0.39 is 41.4 Å². The predicted octanol–water partition coefficient (Wildman–Crippen LogP) is 0.402. The van der Waals surface area contributed by atoms with Gasteiger partial charge in [-0.1, -0.05) is 12.1 Å². The van der Waals surface area contributed by atoms with Crippen LogP contribution in [-0.4, -0.2) is 50.7 Å². The highest BCUT2D eigenvalue weighted by molar-refractivity contribution is 7.92. The first-order valence-corrected chi connectivity index (χ1v) is 9.33. The van der Waals surface area contributed by atoms with E-state index in [2.05, 4.69) is 0 Å². The topological polar surface area (TPSA) is 115 Å². The normalized spacial score (nSPS) is 21.5. The molecule has 1 fully saturated rings. The minimum Gasteiger partial charge on any atom is -0.258 e. The highest BCUT2D eigenvalue weighted by Crippen LogP contribution is 2.29. The lowest BCUT2D eigenvalue weighted by molar-refractivity contribution is -0.387. The summed E-state index contributed by atoms with van der Waals surface area (Å²) in [5, 5.41) is 10.9. The largest absolute Gasteiger partial charge is 0.289 e. The fraction of sp³-hybridized carbons (Fsp3) is 0.455. The molecule has 0 bridgehead atoms. The van der Waals surface area contributed by atoms with Gasteiger partial charge in [0.15, 0.2) is 14.7 Å². The molecule has 0 saturated carbocycles. The van der Waals surface area contributed by atoms with Crippen molar-refractivity contribution in [3.05, 3.63) is 34.4 Å². The zero-order chi connectivity index (χ0) is 15.8. The third kappa shape index (κ3) is 3.06. The molecule has 0 amide bonds. The van der Waals surface area contributed by atoms with Crippen LogP contribution in [0.2, 0.25) is 0 Å². The molecule has 0 aromatic heterocycles. The van der Waals surface area contributed by atoms with Gasteiger partial charge in [-0.25, -0.2) is 16.8 Å². The van der Waals surface area contributed by atoms with Crippen LogP contribution < -0.4 is 0 Å². The van der Waals surface area contributed by atoms with Gasteiger partial charge in [-0.15, -0.1) is 0 Å². The monoisotopic (exact) mass is 334 g/mol. The number of benzene rings is 1. The molecule has 0 unspecified atom stereocenters. The predicted molar refractivity (Wildman–Crippen MR) is 75.1 cm³/mol. The molecule has 0 N–H and O–H groups in total. The van der Waals surface area contributed by atoms with Crippen LogP contribution in [0.1, 0.15) is 6.42 Å². The van der Waals surface area contributed by atoms with E-state index in [9.17, 15) is 26.9 Å². The van der Waals surface area contributed by atoms with Gasteiger partial charge in [0.25, 0.3) is 5.69 Å². The Labute approximate surface area is 122 Å². The molecule has 1 heterocycles. The summed E-state index contributed by atoms with van der Waals surface area (Å²) in [6.07, 6.45) is 0.193. The van der Waals surface area contributed by atoms with E-state index in [-0.39, 0.29) is 17.9 Å². The molecule has 0 spiro atoms. The van der Waals surface area contributed by atoms with Crippen molar-refractivity contribution in [1.29, 1.82) is 0 Å². The molecule has 1 atom stereocenters. The fourth-order valence-corrected chi connectivity index (χ4v) is 5.65. The van der Waals surface area contributed by atoms with Crippen LogP contribution in [0.15, 0.2) is 29.2 Å². The Morgan fingerprint density at radius 3 is 2.48 bits per heavy atom. The zero-order valence-corrected chi connectivity index (χ0v) is 12.8. The van der Waals surface area contributed by atoms with Crippen LogP contribution in [-0.2, 0) is 19.9 Å². The number of nitro groups is 1. The maximum atomic E-state index is 12.5. The van der Waals surface area contributed by atoms with Crippen molar-refractivity contribution in [2.45, 2.75) is 17.4 Å². The van der Waals surface area contributed by atoms with Crippen molar-refractivity contribution >= 4 is 25.5 Å². The third-order valence-corrected chi connectivity index (χ3v) is 7.15. The summed E-state index contributed by atoms with van der Waals surface area (Å²) in [5.74, 6) is -0.336. The minimum absolute atomic E-state index is 0.0750. The van der Waals surface area contributed by atoms with Gasteiger partial charge in [0, 0.05) is 19.2 Å². The Morgan fingerprint density at radius 1 is 1.33 bits per heavy atom. The maximum absolute atomic E-state index is 12.5. The van der Waals surface area contributed by atoms with Gasteiger partial charge >= 0.3 is 0 Å². The molecule has 0 radical (unpaired) electrons. The lowest BCUT2D eigenvalue weighted by Gasteiger charge is -2.22. The van der Waals surface area contributed by atoms with Crippen LogP contribution in [0.5, 0.6) is 0 Å². The number of hydrogen-bond donors (Lipinski definition) is 0. The van der Waals surface area contributed by atoms with Crippen LogP contribution in [0.25, 0.3) is 0 Å². The van der Waals surface area contributed by atoms with Gasteiger partial charge in [0.2, 0.25) is 10.0 Å². The highest BCUT2D eigenvalue weighted by atomic mass is 32.2. The second-order valence-electron chi connectivity index (χ2n) is 4.80. The fourth-order valence-electron chi connectivity index (χ4n) is 2.24. The molecule has 8 nitrogen and oxygen atoms in total. The number of nitrogens with zero attached hydrogens (tertiary/aromatic N) is 2. The molecule has 1 aromatic rings. The molecule has 1 aliphatic rings. The van der Waals surface area contributed by atoms with Crippen LogP contribution >= 0.6 is 0 Å². The average Bonchev–Trinajstić information content (AvgIpc) is 2.78. The van der Waals surface area contributed by atoms with Crippen molar-refractivity contribution in [1.82, 2.24) is 4.31 Å². The van der Waals surface area contributed by atoms with Gasteiger partial charge in [0.1, 0.15) is 0 Å². The molecule has 0 aliphatic carbocycles. The van der Waals surface area contributed by atoms with E-state index in [4.69, 9.17) is 0 Å². The Balaban J connectivity index is 2.41. The van der Waals surface area contributed by atoms with E-state index in [1.165, 1.54) is 19.2 Å². The van der Waals surface area contributed by atoms with Crippen molar-refractivity contribution in [3.63, 3.8) is 0 Å². The summed E-state index contributed by atoms with van der Waals surface area (Å²) in [5.41, 5.74) is -0.523. The molecule has 21 heavy (non-hydrogen) atoms. The molecule has 1 saturated heterocycles. The lowest BCUT2D eigenvalue weighted by atomic mass is 10.3. The van der Waals surface area contributed by atoms with E-state index >= 15 is 0 Å². The van der Waals surface area contributed by atoms with Crippen LogP contribution in [0.3, 0.4) is 0 Å². The molecular weight excluding hydrogens is 320 g/mol. The van der Waals surface area contributed by atoms with Crippen molar-refractivity contribution in [2.24, 2.45) is 0 Å². The van der Waals surface area contributed by atoms with Crippen LogP contribution in [0, 0.1) is 10.1 Å². The van der Waals surface area contributed by atoms with Gasteiger partial charge < -0.3 is 0 Å². The number of sulfone groups is 1. The summed E-state index contributed by atoms with van der Waals surface area (Å²) in [7, 11) is -6.12. The number of nitro benzene ring substituents is 1. The maximum Gasteiger partial charge on any atom is 0.289 e. The van der Waals surface area contributed by atoms with Gasteiger partial charge in [-0.3, -0.25) is 10.1 Å². The number of para-hydroxylation sites is 1. The van der Waals surface area contributed by atoms with Crippen molar-refractivity contribution in [3.8, 4) is 0 Å². The van der Waals surface area contributed by atoms with E-state index in [0.29, 0.717) is 0 Å². The first-order chi connectivity index (χ1) is 9.65. The Morgan fingerprint density at radius 2 is 1.95 bits per heavy atom. The summed E-state index contributed by atoms with van der Waals surface area (Å²) < 4.78 is 48.8. The first kappa shape index (κ1) is 15.9. The van der Waals surface area contributed by atoms with Gasteiger partial charge in [-0.2, -0.15) is 4.31 Å². The van der Waals surface area contributed by atoms with Gasteiger partial charge in [0.05, 0.1) is 16.4 Å². The average molecular weight is 334 g/mol. The highest BCUT2D eigenvalue weighted by Gasteiger charge is 2.38. The first-order valence-electron chi connectivity index (χ1n) is 6.07. The molecule has 1 aliphatic heterocycles. The molecular formula is C11H14N2O6S2. The molecule has 2 rings (SSSR count). The van der Waals surface area contributed by atoms with E-state index in [1.807, 2.05) is 0 Å². The Hall–Kier alpha value is -1.52. The smallest absolute Gasteiger partial charge is 0.258 e. The van der Waals surface area contributed by atoms with E-state index in [1.54, 1.807) is 0 Å². The number of hydrogen-bond acceptors (Lipinski definition) is 6. The summed E-state index contributed by atoms with van der Waals surface area (Å²) in [6, 6.07) is 4.32. The Kier molecular flexibility index (Phi) is 4.04. The SMILES string of the molecule is CN([C@H]1CCS(=O)(=O)C1)S(=O)(=O)c1ccccc1[N+](=O)[O-]. The van der Waals surface area contributed by atoms with Crippen molar-refractivity contribution in [2.75, 3.05) is 18.6 Å². The van der Waals surface area contributed by atoms with E-state index in [0.717, 1.165) is 16.4 Å². The third-order valence-electron chi connectivity index (χ3n) is 3.44. The quantitative estimate of drug-likeness (QED) is 0.581. The summed E-state index contributed by atoms with van der Waals surface area (Å²) in [6.45, 7) is 0. The molecule has 1 aromatic carbocycles. The number of sulfonamides is 1. The second-order valence-corrected chi connectivity index (χ2v) is 9.00. The standard InChI is InChI=1S/C11H14N2O6S2/c1-12(9-6-7-20(16,17)8-9)21(18,19)11-5-3-2-4-10(11)13(14)15/h2-5,9H,6-8H2,1H3/t9-/m0/s1. The minimum atomic E-state index is -4.12. The van der Waals surface area contributed by atoms with Gasteiger partial charge in [-0.05, 0) is 12.5 Å². The van der Waals surface area contributed by atoms with Crippen molar-refractivity contribution < 1.29 is 21.8 Å². The summed E-state index contributed by atoms with van der Waals surface area (Å²) in [4.78, 5) is 9.74. The zero-order valence-electron chi connectivity index (χ0n) is 11.2. The van der Waals surface area contributed by atoms with Crippen LogP contribution in [0.4, 0.5) is 5.69 Å². The Bertz CT molecular complexity index is 772. The molecule has 10 heteroatoms. The lowest BCUT2D eigenvalue weighted by Crippen LogP contribution is -2.38. The second kappa shape index (κ2) is 5.35. The number of rotatable bonds is 4. The molecule has 116 valence electrons.